The predicted octanol–water partition coefficient (Wildman–Crippen LogP) is 2.12. The number of carbonyl (C=O) groups is 3. The quantitative estimate of drug-likeness (QED) is 0.454. The molecule has 9 nitrogen and oxygen atoms in total. The number of hydrogen-bond acceptors (Lipinski definition) is 5. The molecule has 0 bridgehead atoms. The Balaban J connectivity index is 1.61. The third-order valence-corrected chi connectivity index (χ3v) is 5.19. The maximum atomic E-state index is 12.8. The lowest BCUT2D eigenvalue weighted by Gasteiger charge is -2.22. The number of fused-ring (bicyclic) bond motifs is 1. The molecule has 9 heteroatoms. The molecular weight excluding hydrogens is 422 g/mol. The van der Waals surface area contributed by atoms with Gasteiger partial charge in [0, 0.05) is 7.05 Å². The number of nitrogens with zero attached hydrogens (tertiary/aromatic N) is 2. The molecular formula is C24H29N5O4. The molecule has 0 fully saturated rings. The van der Waals surface area contributed by atoms with Crippen LogP contribution in [0, 0.1) is 5.92 Å². The number of aryl methyl sites for hydroxylation is 1. The summed E-state index contributed by atoms with van der Waals surface area (Å²) in [4.78, 5) is 42.4. The summed E-state index contributed by atoms with van der Waals surface area (Å²) < 4.78 is 7.34. The zero-order valence-electron chi connectivity index (χ0n) is 19.2. The molecule has 0 radical (unpaired) electrons. The molecule has 0 aliphatic carbocycles. The Morgan fingerprint density at radius 1 is 1.03 bits per heavy atom. The van der Waals surface area contributed by atoms with E-state index in [1.54, 1.807) is 38.1 Å². The number of rotatable bonds is 8. The molecule has 0 aliphatic rings. The molecule has 3 aromatic rings. The van der Waals surface area contributed by atoms with Crippen molar-refractivity contribution in [3.63, 3.8) is 0 Å². The largest absolute Gasteiger partial charge is 0.493 e. The van der Waals surface area contributed by atoms with Crippen molar-refractivity contribution < 1.29 is 19.1 Å². The van der Waals surface area contributed by atoms with Crippen LogP contribution in [0.5, 0.6) is 5.75 Å². The van der Waals surface area contributed by atoms with E-state index in [9.17, 15) is 14.4 Å². The first-order valence-corrected chi connectivity index (χ1v) is 10.8. The second kappa shape index (κ2) is 10.6. The predicted molar refractivity (Wildman–Crippen MR) is 124 cm³/mol. The Morgan fingerprint density at radius 2 is 1.73 bits per heavy atom. The zero-order valence-corrected chi connectivity index (χ0v) is 19.2. The van der Waals surface area contributed by atoms with Crippen molar-refractivity contribution in [3.05, 3.63) is 59.9 Å². The van der Waals surface area contributed by atoms with Gasteiger partial charge in [-0.05, 0) is 37.1 Å². The van der Waals surface area contributed by atoms with Crippen molar-refractivity contribution in [1.29, 1.82) is 0 Å². The molecule has 33 heavy (non-hydrogen) atoms. The summed E-state index contributed by atoms with van der Waals surface area (Å²) in [7, 11) is 1.83. The fourth-order valence-corrected chi connectivity index (χ4v) is 3.44. The monoisotopic (exact) mass is 451 g/mol. The SMILES string of the molecule is CCOc1ccccc1C(=O)NC(C(=O)NNC(=O)Cc1nc2ccccc2n1C)C(C)C. The highest BCUT2D eigenvalue weighted by atomic mass is 16.5. The van der Waals surface area contributed by atoms with Crippen LogP contribution < -0.4 is 20.9 Å². The first-order chi connectivity index (χ1) is 15.8. The molecule has 3 N–H and O–H groups in total. The standard InChI is InChI=1S/C24H29N5O4/c1-5-33-19-13-9-6-10-16(19)23(31)26-22(15(2)3)24(32)28-27-21(30)14-20-25-17-11-7-8-12-18(17)29(20)4/h6-13,15,22H,5,14H2,1-4H3,(H,26,31)(H,27,30)(H,28,32). The van der Waals surface area contributed by atoms with Crippen LogP contribution in [0.2, 0.25) is 0 Å². The Kier molecular flexibility index (Phi) is 7.66. The number of hydrazine groups is 1. The smallest absolute Gasteiger partial charge is 0.261 e. The van der Waals surface area contributed by atoms with E-state index < -0.39 is 23.8 Å². The van der Waals surface area contributed by atoms with Gasteiger partial charge >= 0.3 is 0 Å². The van der Waals surface area contributed by atoms with Gasteiger partial charge in [-0.3, -0.25) is 25.2 Å². The van der Waals surface area contributed by atoms with Gasteiger partial charge in [-0.1, -0.05) is 38.1 Å². The van der Waals surface area contributed by atoms with Crippen molar-refractivity contribution in [2.45, 2.75) is 33.2 Å². The van der Waals surface area contributed by atoms with E-state index in [0.29, 0.717) is 23.7 Å². The normalized spacial score (nSPS) is 11.8. The third-order valence-electron chi connectivity index (χ3n) is 5.19. The van der Waals surface area contributed by atoms with Crippen LogP contribution in [-0.2, 0) is 23.1 Å². The molecule has 174 valence electrons. The molecule has 1 aromatic heterocycles. The van der Waals surface area contributed by atoms with Crippen LogP contribution in [0.1, 0.15) is 37.0 Å². The van der Waals surface area contributed by atoms with Gasteiger partial charge in [0.15, 0.2) is 0 Å². The first-order valence-electron chi connectivity index (χ1n) is 10.8. The Bertz CT molecular complexity index is 1150. The number of para-hydroxylation sites is 3. The van der Waals surface area contributed by atoms with E-state index >= 15 is 0 Å². The van der Waals surface area contributed by atoms with Gasteiger partial charge in [-0.15, -0.1) is 0 Å². The Labute approximate surface area is 192 Å². The zero-order chi connectivity index (χ0) is 24.0. The molecule has 0 aliphatic heterocycles. The highest BCUT2D eigenvalue weighted by Gasteiger charge is 2.26. The first kappa shape index (κ1) is 23.8. The van der Waals surface area contributed by atoms with Crippen molar-refractivity contribution in [3.8, 4) is 5.75 Å². The van der Waals surface area contributed by atoms with E-state index in [-0.39, 0.29) is 12.3 Å². The van der Waals surface area contributed by atoms with Gasteiger partial charge in [0.25, 0.3) is 11.8 Å². The molecule has 1 unspecified atom stereocenters. The maximum absolute atomic E-state index is 12.8. The number of carbonyl (C=O) groups excluding carboxylic acids is 3. The van der Waals surface area contributed by atoms with E-state index in [1.165, 1.54) is 0 Å². The van der Waals surface area contributed by atoms with Gasteiger partial charge < -0.3 is 14.6 Å². The minimum atomic E-state index is -0.858. The van der Waals surface area contributed by atoms with Crippen LogP contribution >= 0.6 is 0 Å². The van der Waals surface area contributed by atoms with E-state index in [2.05, 4.69) is 21.2 Å². The molecule has 0 saturated heterocycles. The average molecular weight is 452 g/mol. The number of aromatic nitrogens is 2. The second-order valence-electron chi connectivity index (χ2n) is 7.91. The minimum absolute atomic E-state index is 0.00804. The maximum Gasteiger partial charge on any atom is 0.261 e. The van der Waals surface area contributed by atoms with Crippen LogP contribution in [0.4, 0.5) is 0 Å². The highest BCUT2D eigenvalue weighted by Crippen LogP contribution is 2.18. The van der Waals surface area contributed by atoms with E-state index in [1.807, 2.05) is 42.8 Å². The number of ether oxygens (including phenoxy) is 1. The van der Waals surface area contributed by atoms with Crippen molar-refractivity contribution in [1.82, 2.24) is 25.7 Å². The molecule has 2 aromatic carbocycles. The van der Waals surface area contributed by atoms with Crippen molar-refractivity contribution in [2.24, 2.45) is 13.0 Å². The van der Waals surface area contributed by atoms with Crippen LogP contribution in [-0.4, -0.2) is 39.9 Å². The topological polar surface area (TPSA) is 114 Å². The van der Waals surface area contributed by atoms with Gasteiger partial charge in [0.05, 0.1) is 29.6 Å². The lowest BCUT2D eigenvalue weighted by Crippen LogP contribution is -2.54. The van der Waals surface area contributed by atoms with Crippen LogP contribution in [0.15, 0.2) is 48.5 Å². The number of amides is 3. The van der Waals surface area contributed by atoms with E-state index in [4.69, 9.17) is 4.74 Å². The molecule has 1 atom stereocenters. The molecule has 0 saturated carbocycles. The van der Waals surface area contributed by atoms with E-state index in [0.717, 1.165) is 11.0 Å². The summed E-state index contributed by atoms with van der Waals surface area (Å²) in [6, 6.07) is 13.6. The lowest BCUT2D eigenvalue weighted by atomic mass is 10.0. The lowest BCUT2D eigenvalue weighted by molar-refractivity contribution is -0.130. The fraction of sp³-hybridized carbons (Fsp3) is 0.333. The second-order valence-corrected chi connectivity index (χ2v) is 7.91. The summed E-state index contributed by atoms with van der Waals surface area (Å²) in [6.45, 7) is 5.85. The summed E-state index contributed by atoms with van der Waals surface area (Å²) in [5.74, 6) is -0.577. The third kappa shape index (κ3) is 5.68. The van der Waals surface area contributed by atoms with Gasteiger partial charge in [-0.25, -0.2) is 4.98 Å². The number of benzene rings is 2. The number of imidazole rings is 1. The summed E-state index contributed by atoms with van der Waals surface area (Å²) in [5, 5.41) is 2.73. The van der Waals surface area contributed by atoms with Crippen LogP contribution in [0.3, 0.4) is 0 Å². The molecule has 1 heterocycles. The highest BCUT2D eigenvalue weighted by molar-refractivity contribution is 6.00. The van der Waals surface area contributed by atoms with Gasteiger partial charge in [0.2, 0.25) is 5.91 Å². The summed E-state index contributed by atoms with van der Waals surface area (Å²) in [6.07, 6.45) is -0.00804. The molecule has 0 spiro atoms. The van der Waals surface area contributed by atoms with Crippen molar-refractivity contribution >= 4 is 28.8 Å². The Hall–Kier alpha value is -3.88. The average Bonchev–Trinajstić information content (AvgIpc) is 3.11. The molecule has 3 rings (SSSR count). The van der Waals surface area contributed by atoms with Gasteiger partial charge in [-0.2, -0.15) is 0 Å². The number of hydrogen-bond donors (Lipinski definition) is 3. The van der Waals surface area contributed by atoms with Crippen molar-refractivity contribution in [2.75, 3.05) is 6.61 Å². The molecule has 3 amide bonds. The summed E-state index contributed by atoms with van der Waals surface area (Å²) >= 11 is 0. The van der Waals surface area contributed by atoms with Crippen LogP contribution in [0.25, 0.3) is 11.0 Å². The van der Waals surface area contributed by atoms with Gasteiger partial charge in [0.1, 0.15) is 17.6 Å². The summed E-state index contributed by atoms with van der Waals surface area (Å²) in [5.41, 5.74) is 6.87. The number of nitrogens with one attached hydrogen (secondary N) is 3. The Morgan fingerprint density at radius 3 is 2.42 bits per heavy atom. The fourth-order valence-electron chi connectivity index (χ4n) is 3.44. The minimum Gasteiger partial charge on any atom is -0.493 e.